The van der Waals surface area contributed by atoms with Crippen LogP contribution in [0.2, 0.25) is 0 Å². The van der Waals surface area contributed by atoms with Crippen LogP contribution in [-0.4, -0.2) is 55.7 Å². The van der Waals surface area contributed by atoms with Crippen LogP contribution in [-0.2, 0) is 9.47 Å². The maximum absolute atomic E-state index is 12.8. The molecule has 0 fully saturated rings. The van der Waals surface area contributed by atoms with E-state index in [2.05, 4.69) is 4.74 Å². The zero-order valence-corrected chi connectivity index (χ0v) is 11.2. The van der Waals surface area contributed by atoms with Crippen molar-refractivity contribution in [3.8, 4) is 0 Å². The van der Waals surface area contributed by atoms with Crippen molar-refractivity contribution in [3.63, 3.8) is 0 Å². The molecule has 10 heteroatoms. The number of alkyl halides is 7. The molecule has 128 valence electrons. The van der Waals surface area contributed by atoms with Crippen molar-refractivity contribution in [1.29, 1.82) is 0 Å². The van der Waals surface area contributed by atoms with Crippen LogP contribution >= 0.6 is 0 Å². The molecule has 0 aliphatic rings. The topological polar surface area (TPSA) is 38.7 Å². The van der Waals surface area contributed by atoms with Gasteiger partial charge in [-0.1, -0.05) is 13.3 Å². The van der Waals surface area contributed by atoms with Gasteiger partial charge in [-0.15, -0.1) is 0 Å². The van der Waals surface area contributed by atoms with E-state index in [4.69, 9.17) is 4.74 Å². The van der Waals surface area contributed by atoms with Gasteiger partial charge < -0.3 is 14.6 Å². The highest BCUT2D eigenvalue weighted by molar-refractivity contribution is 4.91. The zero-order valence-electron chi connectivity index (χ0n) is 11.2. The van der Waals surface area contributed by atoms with E-state index in [1.54, 1.807) is 0 Å². The van der Waals surface area contributed by atoms with E-state index in [1.165, 1.54) is 0 Å². The van der Waals surface area contributed by atoms with Crippen LogP contribution in [0.5, 0.6) is 0 Å². The minimum atomic E-state index is -6.39. The minimum absolute atomic E-state index is 0.290. The third kappa shape index (κ3) is 6.35. The average Bonchev–Trinajstić information content (AvgIpc) is 2.33. The molecule has 21 heavy (non-hydrogen) atoms. The second kappa shape index (κ2) is 8.14. The van der Waals surface area contributed by atoms with Gasteiger partial charge in [0.2, 0.25) is 0 Å². The molecule has 0 saturated heterocycles. The molecule has 1 unspecified atom stereocenters. The lowest BCUT2D eigenvalue weighted by Crippen LogP contribution is -2.54. The summed E-state index contributed by atoms with van der Waals surface area (Å²) in [5.74, 6) is -11.6. The molecule has 0 amide bonds. The molecule has 3 nitrogen and oxygen atoms in total. The molecule has 0 radical (unpaired) electrons. The number of halogens is 7. The van der Waals surface area contributed by atoms with Crippen molar-refractivity contribution in [1.82, 2.24) is 0 Å². The Balaban J connectivity index is 4.15. The summed E-state index contributed by atoms with van der Waals surface area (Å²) in [5, 5.41) is 9.20. The molecule has 0 aliphatic heterocycles. The molecule has 0 rings (SSSR count). The fraction of sp³-hybridized carbons (Fsp3) is 1.00. The Morgan fingerprint density at radius 1 is 0.952 bits per heavy atom. The minimum Gasteiger partial charge on any atom is -0.388 e. The molecule has 0 spiro atoms. The third-order valence-electron chi connectivity index (χ3n) is 2.36. The van der Waals surface area contributed by atoms with Gasteiger partial charge in [0.05, 0.1) is 13.2 Å². The van der Waals surface area contributed by atoms with Crippen molar-refractivity contribution in [2.45, 2.75) is 43.9 Å². The molecule has 0 saturated carbocycles. The molecular weight excluding hydrogens is 313 g/mol. The Morgan fingerprint density at radius 2 is 1.48 bits per heavy atom. The van der Waals surface area contributed by atoms with Crippen molar-refractivity contribution in [2.75, 3.05) is 26.4 Å². The first-order valence-electron chi connectivity index (χ1n) is 6.11. The summed E-state index contributed by atoms with van der Waals surface area (Å²) in [4.78, 5) is 0. The van der Waals surface area contributed by atoms with Gasteiger partial charge in [0.1, 0.15) is 12.7 Å². The highest BCUT2D eigenvalue weighted by Gasteiger charge is 2.72. The first kappa shape index (κ1) is 20.4. The fourth-order valence-corrected chi connectivity index (χ4v) is 1.14. The van der Waals surface area contributed by atoms with Crippen LogP contribution in [0.25, 0.3) is 0 Å². The van der Waals surface area contributed by atoms with Crippen LogP contribution in [0, 0.1) is 0 Å². The van der Waals surface area contributed by atoms with Crippen LogP contribution in [0.3, 0.4) is 0 Å². The van der Waals surface area contributed by atoms with E-state index in [1.807, 2.05) is 6.92 Å². The maximum atomic E-state index is 12.8. The van der Waals surface area contributed by atoms with E-state index < -0.39 is 37.3 Å². The smallest absolute Gasteiger partial charge is 0.388 e. The summed E-state index contributed by atoms with van der Waals surface area (Å²) in [6, 6.07) is 0. The van der Waals surface area contributed by atoms with Crippen molar-refractivity contribution >= 4 is 0 Å². The quantitative estimate of drug-likeness (QED) is 0.494. The molecule has 0 aromatic carbocycles. The number of hydrogen-bond acceptors (Lipinski definition) is 3. The predicted octanol–water partition coefficient (Wildman–Crippen LogP) is 3.01. The average molecular weight is 330 g/mol. The first-order chi connectivity index (χ1) is 9.45. The lowest BCUT2D eigenvalue weighted by atomic mass is 10.2. The second-order valence-electron chi connectivity index (χ2n) is 4.37. The van der Waals surface area contributed by atoms with E-state index >= 15 is 0 Å². The number of aliphatic hydroxyl groups is 1. The largest absolute Gasteiger partial charge is 0.459 e. The molecule has 0 heterocycles. The number of hydrogen-bond donors (Lipinski definition) is 1. The van der Waals surface area contributed by atoms with E-state index in [-0.39, 0.29) is 6.61 Å². The van der Waals surface area contributed by atoms with E-state index in [0.29, 0.717) is 13.0 Å². The molecule has 1 atom stereocenters. The van der Waals surface area contributed by atoms with Crippen LogP contribution < -0.4 is 0 Å². The summed E-state index contributed by atoms with van der Waals surface area (Å²) >= 11 is 0. The fourth-order valence-electron chi connectivity index (χ4n) is 1.14. The standard InChI is InChI=1S/C11H17F7O3/c1-2-3-4-20-5-8(19)6-21-7-9(12,13)10(14,15)11(16,17)18/h8,19H,2-7H2,1H3. The van der Waals surface area contributed by atoms with Gasteiger partial charge in [-0.25, -0.2) is 0 Å². The summed E-state index contributed by atoms with van der Waals surface area (Å²) in [5.41, 5.74) is 0. The predicted molar refractivity (Wildman–Crippen MR) is 58.5 cm³/mol. The number of ether oxygens (including phenoxy) is 2. The van der Waals surface area contributed by atoms with Gasteiger partial charge >= 0.3 is 18.0 Å². The molecular formula is C11H17F7O3. The monoisotopic (exact) mass is 330 g/mol. The zero-order chi connectivity index (χ0) is 16.7. The lowest BCUT2D eigenvalue weighted by molar-refractivity contribution is -0.361. The number of rotatable bonds is 10. The van der Waals surface area contributed by atoms with E-state index in [0.717, 1.165) is 6.42 Å². The van der Waals surface area contributed by atoms with Gasteiger partial charge in [0.25, 0.3) is 0 Å². The summed E-state index contributed by atoms with van der Waals surface area (Å²) < 4.78 is 94.9. The maximum Gasteiger partial charge on any atom is 0.459 e. The Morgan fingerprint density at radius 3 is 1.95 bits per heavy atom. The van der Waals surface area contributed by atoms with Crippen LogP contribution in [0.15, 0.2) is 0 Å². The SMILES string of the molecule is CCCCOCC(O)COCC(F)(F)C(F)(F)C(F)(F)F. The highest BCUT2D eigenvalue weighted by atomic mass is 19.4. The van der Waals surface area contributed by atoms with Crippen LogP contribution in [0.1, 0.15) is 19.8 Å². The van der Waals surface area contributed by atoms with Gasteiger partial charge in [-0.2, -0.15) is 30.7 Å². The van der Waals surface area contributed by atoms with Crippen molar-refractivity contribution in [2.24, 2.45) is 0 Å². The van der Waals surface area contributed by atoms with Crippen molar-refractivity contribution in [3.05, 3.63) is 0 Å². The number of unbranched alkanes of at least 4 members (excludes halogenated alkanes) is 1. The summed E-state index contributed by atoms with van der Waals surface area (Å²) in [6.45, 7) is -1.11. The molecule has 1 N–H and O–H groups in total. The Kier molecular flexibility index (Phi) is 7.90. The normalized spacial score (nSPS) is 15.3. The van der Waals surface area contributed by atoms with Gasteiger partial charge in [-0.05, 0) is 6.42 Å². The Bertz CT molecular complexity index is 294. The molecule has 0 bridgehead atoms. The summed E-state index contributed by atoms with van der Waals surface area (Å²) in [7, 11) is 0. The Labute approximate surface area is 117 Å². The highest BCUT2D eigenvalue weighted by Crippen LogP contribution is 2.46. The van der Waals surface area contributed by atoms with Crippen LogP contribution in [0.4, 0.5) is 30.7 Å². The van der Waals surface area contributed by atoms with Gasteiger partial charge in [-0.3, -0.25) is 0 Å². The first-order valence-corrected chi connectivity index (χ1v) is 6.11. The van der Waals surface area contributed by atoms with Gasteiger partial charge in [0.15, 0.2) is 0 Å². The Hall–Kier alpha value is -0.610. The molecule has 0 aromatic rings. The van der Waals surface area contributed by atoms with Gasteiger partial charge in [0, 0.05) is 6.61 Å². The van der Waals surface area contributed by atoms with Crippen molar-refractivity contribution < 1.29 is 45.3 Å². The second-order valence-corrected chi connectivity index (χ2v) is 4.37. The number of aliphatic hydroxyl groups excluding tert-OH is 1. The van der Waals surface area contributed by atoms with E-state index in [9.17, 15) is 35.8 Å². The lowest BCUT2D eigenvalue weighted by Gasteiger charge is -2.28. The molecule has 0 aliphatic carbocycles. The summed E-state index contributed by atoms with van der Waals surface area (Å²) in [6.07, 6.45) is -6.26. The molecule has 0 aromatic heterocycles. The third-order valence-corrected chi connectivity index (χ3v) is 2.36.